The lowest BCUT2D eigenvalue weighted by Gasteiger charge is -2.25. The van der Waals surface area contributed by atoms with E-state index in [1.807, 2.05) is 12.1 Å². The molecule has 0 spiro atoms. The summed E-state index contributed by atoms with van der Waals surface area (Å²) in [6, 6.07) is 3.76. The Morgan fingerprint density at radius 1 is 1.38 bits per heavy atom. The number of aromatic nitrogens is 1. The number of hydrogen-bond donors (Lipinski definition) is 2. The van der Waals surface area contributed by atoms with Crippen molar-refractivity contribution in [2.45, 2.75) is 6.92 Å². The molecular weight excluding hydrogens is 421 g/mol. The molecule has 1 aliphatic rings. The van der Waals surface area contributed by atoms with Crippen LogP contribution in [0.3, 0.4) is 0 Å². The summed E-state index contributed by atoms with van der Waals surface area (Å²) in [6.45, 7) is 9.55. The molecule has 24 heavy (non-hydrogen) atoms. The van der Waals surface area contributed by atoms with Crippen molar-refractivity contribution in [1.29, 1.82) is 0 Å². The third-order valence-electron chi connectivity index (χ3n) is 3.43. The minimum atomic E-state index is 0. The second-order valence-electron chi connectivity index (χ2n) is 5.18. The average molecular weight is 449 g/mol. The number of nitrogens with zero attached hydrogens (tertiary/aromatic N) is 3. The monoisotopic (exact) mass is 449 g/mol. The molecule has 1 aromatic heterocycles. The summed E-state index contributed by atoms with van der Waals surface area (Å²) in [5.41, 5.74) is 0. The van der Waals surface area contributed by atoms with Crippen LogP contribution < -0.4 is 15.4 Å². The van der Waals surface area contributed by atoms with Crippen molar-refractivity contribution in [1.82, 2.24) is 20.5 Å². The van der Waals surface area contributed by atoms with Gasteiger partial charge in [0.2, 0.25) is 0 Å². The van der Waals surface area contributed by atoms with Gasteiger partial charge in [-0.15, -0.1) is 24.0 Å². The van der Waals surface area contributed by atoms with Crippen LogP contribution >= 0.6 is 24.0 Å². The van der Waals surface area contributed by atoms with E-state index in [4.69, 9.17) is 9.47 Å². The highest BCUT2D eigenvalue weighted by Crippen LogP contribution is 2.04. The van der Waals surface area contributed by atoms with E-state index in [1.54, 1.807) is 12.4 Å². The lowest BCUT2D eigenvalue weighted by molar-refractivity contribution is 0.0394. The maximum Gasteiger partial charge on any atom is 0.191 e. The van der Waals surface area contributed by atoms with E-state index in [9.17, 15) is 0 Å². The SMILES string of the molecule is CCNC(=NCCN1CCOCC1)NCCOc1cccnc1.I. The van der Waals surface area contributed by atoms with E-state index in [0.29, 0.717) is 13.2 Å². The van der Waals surface area contributed by atoms with Gasteiger partial charge in [0.1, 0.15) is 12.4 Å². The van der Waals surface area contributed by atoms with Gasteiger partial charge in [-0.05, 0) is 19.1 Å². The topological polar surface area (TPSA) is 71.0 Å². The zero-order chi connectivity index (χ0) is 16.2. The van der Waals surface area contributed by atoms with Crippen LogP contribution in [0.2, 0.25) is 0 Å². The van der Waals surface area contributed by atoms with Crippen molar-refractivity contribution in [2.75, 3.05) is 59.1 Å². The molecule has 1 aliphatic heterocycles. The Bertz CT molecular complexity index is 455. The highest BCUT2D eigenvalue weighted by Gasteiger charge is 2.09. The van der Waals surface area contributed by atoms with Gasteiger partial charge >= 0.3 is 0 Å². The number of aliphatic imine (C=N–C) groups is 1. The van der Waals surface area contributed by atoms with Crippen molar-refractivity contribution in [2.24, 2.45) is 4.99 Å². The first kappa shape index (κ1) is 20.9. The predicted molar refractivity (Wildman–Crippen MR) is 106 cm³/mol. The zero-order valence-corrected chi connectivity index (χ0v) is 16.6. The summed E-state index contributed by atoms with van der Waals surface area (Å²) in [5, 5.41) is 6.53. The van der Waals surface area contributed by atoms with Crippen LogP contribution in [0.15, 0.2) is 29.5 Å². The Morgan fingerprint density at radius 2 is 2.21 bits per heavy atom. The Kier molecular flexibility index (Phi) is 11.5. The molecule has 0 aliphatic carbocycles. The number of nitrogens with one attached hydrogen (secondary N) is 2. The summed E-state index contributed by atoms with van der Waals surface area (Å²) < 4.78 is 11.0. The standard InChI is InChI=1S/C16H27N5O2.HI/c1-2-18-16(19-6-8-21-9-12-22-13-10-21)20-7-11-23-15-4-3-5-17-14-15;/h3-5,14H,2,6-13H2,1H3,(H2,18,19,20);1H. The van der Waals surface area contributed by atoms with E-state index in [0.717, 1.165) is 57.6 Å². The summed E-state index contributed by atoms with van der Waals surface area (Å²) >= 11 is 0. The van der Waals surface area contributed by atoms with Crippen LogP contribution in [0.1, 0.15) is 6.92 Å². The second-order valence-corrected chi connectivity index (χ2v) is 5.18. The number of pyridine rings is 1. The molecule has 0 saturated carbocycles. The molecule has 0 amide bonds. The van der Waals surface area contributed by atoms with E-state index in [-0.39, 0.29) is 24.0 Å². The maximum atomic E-state index is 5.60. The smallest absolute Gasteiger partial charge is 0.191 e. The quantitative estimate of drug-likeness (QED) is 0.267. The van der Waals surface area contributed by atoms with Crippen LogP contribution in [0.4, 0.5) is 0 Å². The predicted octanol–water partition coefficient (Wildman–Crippen LogP) is 0.966. The molecule has 136 valence electrons. The van der Waals surface area contributed by atoms with Gasteiger partial charge in [-0.2, -0.15) is 0 Å². The molecule has 7 nitrogen and oxygen atoms in total. The summed E-state index contributed by atoms with van der Waals surface area (Å²) in [4.78, 5) is 11.0. The van der Waals surface area contributed by atoms with Crippen molar-refractivity contribution < 1.29 is 9.47 Å². The van der Waals surface area contributed by atoms with Gasteiger partial charge < -0.3 is 20.1 Å². The largest absolute Gasteiger partial charge is 0.490 e. The first-order valence-electron chi connectivity index (χ1n) is 8.23. The first-order chi connectivity index (χ1) is 11.4. The van der Waals surface area contributed by atoms with Crippen molar-refractivity contribution >= 4 is 29.9 Å². The molecule has 0 radical (unpaired) electrons. The molecular formula is C16H28IN5O2. The van der Waals surface area contributed by atoms with Gasteiger partial charge in [0.15, 0.2) is 5.96 Å². The van der Waals surface area contributed by atoms with Crippen LogP contribution in [0, 0.1) is 0 Å². The van der Waals surface area contributed by atoms with Crippen LogP contribution in [0.5, 0.6) is 5.75 Å². The van der Waals surface area contributed by atoms with Crippen molar-refractivity contribution in [3.05, 3.63) is 24.5 Å². The fourth-order valence-electron chi connectivity index (χ4n) is 2.24. The minimum Gasteiger partial charge on any atom is -0.490 e. The number of morpholine rings is 1. The third-order valence-corrected chi connectivity index (χ3v) is 3.43. The fraction of sp³-hybridized carbons (Fsp3) is 0.625. The third kappa shape index (κ3) is 8.65. The highest BCUT2D eigenvalue weighted by molar-refractivity contribution is 14.0. The normalized spacial score (nSPS) is 15.5. The van der Waals surface area contributed by atoms with Gasteiger partial charge in [-0.3, -0.25) is 14.9 Å². The maximum absolute atomic E-state index is 5.60. The van der Waals surface area contributed by atoms with Crippen LogP contribution in [-0.2, 0) is 4.74 Å². The average Bonchev–Trinajstić information content (AvgIpc) is 2.60. The lowest BCUT2D eigenvalue weighted by atomic mass is 10.4. The first-order valence-corrected chi connectivity index (χ1v) is 8.23. The lowest BCUT2D eigenvalue weighted by Crippen LogP contribution is -2.41. The Morgan fingerprint density at radius 3 is 2.92 bits per heavy atom. The molecule has 8 heteroatoms. The van der Waals surface area contributed by atoms with Gasteiger partial charge in [-0.1, -0.05) is 0 Å². The molecule has 1 saturated heterocycles. The van der Waals surface area contributed by atoms with E-state index < -0.39 is 0 Å². The number of ether oxygens (including phenoxy) is 2. The molecule has 2 N–H and O–H groups in total. The van der Waals surface area contributed by atoms with Gasteiger partial charge in [0.25, 0.3) is 0 Å². The number of guanidine groups is 1. The molecule has 2 heterocycles. The molecule has 0 atom stereocenters. The van der Waals surface area contributed by atoms with E-state index >= 15 is 0 Å². The summed E-state index contributed by atoms with van der Waals surface area (Å²) in [5.74, 6) is 1.61. The van der Waals surface area contributed by atoms with Crippen molar-refractivity contribution in [3.8, 4) is 5.75 Å². The van der Waals surface area contributed by atoms with Crippen LogP contribution in [-0.4, -0.2) is 74.9 Å². The molecule has 0 unspecified atom stereocenters. The van der Waals surface area contributed by atoms with E-state index in [1.165, 1.54) is 0 Å². The van der Waals surface area contributed by atoms with Gasteiger partial charge in [-0.25, -0.2) is 0 Å². The number of halogens is 1. The summed E-state index contributed by atoms with van der Waals surface area (Å²) in [6.07, 6.45) is 3.44. The molecule has 0 bridgehead atoms. The van der Waals surface area contributed by atoms with Gasteiger partial charge in [0, 0.05) is 32.4 Å². The number of rotatable bonds is 8. The highest BCUT2D eigenvalue weighted by atomic mass is 127. The molecule has 1 aromatic rings. The number of hydrogen-bond acceptors (Lipinski definition) is 5. The Labute approximate surface area is 161 Å². The zero-order valence-electron chi connectivity index (χ0n) is 14.2. The summed E-state index contributed by atoms with van der Waals surface area (Å²) in [7, 11) is 0. The molecule has 1 fully saturated rings. The van der Waals surface area contributed by atoms with Crippen LogP contribution in [0.25, 0.3) is 0 Å². The molecule has 2 rings (SSSR count). The second kappa shape index (κ2) is 13.2. The fourth-order valence-corrected chi connectivity index (χ4v) is 2.24. The van der Waals surface area contributed by atoms with Gasteiger partial charge in [0.05, 0.1) is 32.5 Å². The Hall–Kier alpha value is -1.13. The van der Waals surface area contributed by atoms with E-state index in [2.05, 4.69) is 32.4 Å². The van der Waals surface area contributed by atoms with Crippen molar-refractivity contribution in [3.63, 3.8) is 0 Å². The minimum absolute atomic E-state index is 0. The molecule has 0 aromatic carbocycles. The Balaban J connectivity index is 0.00000288.